The Hall–Kier alpha value is -4.40. The van der Waals surface area contributed by atoms with Crippen molar-refractivity contribution in [3.05, 3.63) is 40.4 Å². The quantitative estimate of drug-likeness (QED) is 0.148. The molecule has 0 saturated heterocycles. The number of carboxylic acid groups (broad SMARTS) is 2. The van der Waals surface area contributed by atoms with E-state index in [1.807, 2.05) is 12.1 Å². The molecule has 6 N–H and O–H groups in total. The van der Waals surface area contributed by atoms with E-state index < -0.39 is 29.6 Å². The summed E-state index contributed by atoms with van der Waals surface area (Å²) in [7, 11) is 0. The lowest BCUT2D eigenvalue weighted by Crippen LogP contribution is -2.66. The van der Waals surface area contributed by atoms with Gasteiger partial charge in [-0.1, -0.05) is 23.5 Å². The van der Waals surface area contributed by atoms with Crippen LogP contribution in [0.15, 0.2) is 24.3 Å². The Morgan fingerprint density at radius 2 is 1.34 bits per heavy atom. The van der Waals surface area contributed by atoms with Crippen molar-refractivity contribution in [2.45, 2.75) is 85.6 Å². The molecule has 1 heterocycles. The van der Waals surface area contributed by atoms with Gasteiger partial charge in [-0.25, -0.2) is 14.6 Å². The van der Waals surface area contributed by atoms with Crippen LogP contribution in [0.3, 0.4) is 0 Å². The first-order chi connectivity index (χ1) is 20.3. The molecule has 0 aliphatic rings. The molecule has 2 rings (SSSR count). The topological polar surface area (TPSA) is 193 Å². The van der Waals surface area contributed by atoms with Crippen LogP contribution in [0.4, 0.5) is 20.4 Å². The summed E-state index contributed by atoms with van der Waals surface area (Å²) >= 11 is 1.06. The van der Waals surface area contributed by atoms with Crippen molar-refractivity contribution in [2.24, 2.45) is 0 Å². The number of benzene rings is 1. The second-order valence-electron chi connectivity index (χ2n) is 12.1. The Bertz CT molecular complexity index is 1320. The van der Waals surface area contributed by atoms with Gasteiger partial charge in [-0.3, -0.25) is 24.2 Å². The van der Waals surface area contributed by atoms with Gasteiger partial charge < -0.3 is 31.5 Å². The summed E-state index contributed by atoms with van der Waals surface area (Å²) in [5, 5.41) is 31.5. The highest BCUT2D eigenvalue weighted by Crippen LogP contribution is 2.28. The van der Waals surface area contributed by atoms with Gasteiger partial charge in [0.2, 0.25) is 11.8 Å². The van der Waals surface area contributed by atoms with E-state index >= 15 is 0 Å². The summed E-state index contributed by atoms with van der Waals surface area (Å²) in [6.07, 6.45) is -2.91. The fraction of sp³-hybridized carbons (Fsp3) is 0.517. The van der Waals surface area contributed by atoms with Crippen LogP contribution in [0, 0.1) is 0 Å². The molecule has 15 heteroatoms. The zero-order valence-electron chi connectivity index (χ0n) is 26.4. The molecule has 0 fully saturated rings. The minimum Gasteiger partial charge on any atom is -0.465 e. The lowest BCUT2D eigenvalue weighted by atomic mass is 10.0. The third-order valence-corrected chi connectivity index (χ3v) is 7.23. The van der Waals surface area contributed by atoms with Crippen LogP contribution in [-0.2, 0) is 22.4 Å². The van der Waals surface area contributed by atoms with Crippen molar-refractivity contribution in [2.75, 3.05) is 23.7 Å². The number of anilines is 2. The summed E-state index contributed by atoms with van der Waals surface area (Å²) in [5.74, 6) is -0.886. The Balaban J connectivity index is 2.27. The van der Waals surface area contributed by atoms with Crippen molar-refractivity contribution >= 4 is 52.1 Å². The summed E-state index contributed by atoms with van der Waals surface area (Å²) in [6, 6.07) is 7.09. The predicted octanol–water partition coefficient (Wildman–Crippen LogP) is 4.01. The fourth-order valence-electron chi connectivity index (χ4n) is 4.34. The van der Waals surface area contributed by atoms with Crippen LogP contribution >= 0.6 is 11.3 Å². The molecule has 0 bridgehead atoms. The van der Waals surface area contributed by atoms with Gasteiger partial charge in [-0.15, -0.1) is 0 Å². The van der Waals surface area contributed by atoms with E-state index in [0.717, 1.165) is 26.7 Å². The van der Waals surface area contributed by atoms with Crippen molar-refractivity contribution < 1.29 is 34.2 Å². The minimum atomic E-state index is -1.28. The molecule has 44 heavy (non-hydrogen) atoms. The van der Waals surface area contributed by atoms with Gasteiger partial charge in [-0.05, 0) is 72.1 Å². The predicted molar refractivity (Wildman–Crippen MR) is 168 cm³/mol. The first-order valence-electron chi connectivity index (χ1n) is 14.0. The Morgan fingerprint density at radius 1 is 0.818 bits per heavy atom. The maximum Gasteiger partial charge on any atom is 0.410 e. The van der Waals surface area contributed by atoms with Gasteiger partial charge in [0.05, 0.1) is 5.69 Å². The Morgan fingerprint density at radius 3 is 1.80 bits per heavy atom. The summed E-state index contributed by atoms with van der Waals surface area (Å²) in [5.41, 5.74) is 0.0307. The van der Waals surface area contributed by atoms with Crippen molar-refractivity contribution in [1.82, 2.24) is 25.4 Å². The van der Waals surface area contributed by atoms with E-state index in [-0.39, 0.29) is 30.8 Å². The lowest BCUT2D eigenvalue weighted by Gasteiger charge is -2.48. The van der Waals surface area contributed by atoms with E-state index in [1.165, 1.54) is 13.8 Å². The third-order valence-electron chi connectivity index (χ3n) is 6.22. The van der Waals surface area contributed by atoms with Gasteiger partial charge >= 0.3 is 12.2 Å². The van der Waals surface area contributed by atoms with Gasteiger partial charge in [0.25, 0.3) is 5.91 Å². The number of amides is 5. The molecule has 0 saturated carbocycles. The molecule has 5 amide bonds. The standard InChI is InChI=1S/C29H43N7O7S/c1-17(37)30-15-16-31-23(39)22-21(34-24(44-22)32-18(2)38)14-11-19-9-12-20(13-10-19)33-25(35(26(40)41)28(3,4)5)36(27(42)43)29(6,7)8/h9-10,12-13,25,33H,11,14-16H2,1-8H3,(H,30,37)(H,31,39)(H,40,41)(H,42,43)(H,32,34,38). The van der Waals surface area contributed by atoms with Gasteiger partial charge in [0.15, 0.2) is 11.4 Å². The summed E-state index contributed by atoms with van der Waals surface area (Å²) < 4.78 is 0. The second-order valence-corrected chi connectivity index (χ2v) is 13.1. The number of thiazole rings is 1. The number of nitrogens with zero attached hydrogens (tertiary/aromatic N) is 3. The number of carbonyl (C=O) groups excluding carboxylic acids is 3. The molecule has 0 aliphatic carbocycles. The normalized spacial score (nSPS) is 11.5. The second kappa shape index (κ2) is 14.9. The lowest BCUT2D eigenvalue weighted by molar-refractivity contribution is -0.119. The van der Waals surface area contributed by atoms with E-state index in [1.54, 1.807) is 53.7 Å². The largest absolute Gasteiger partial charge is 0.465 e. The number of aromatic nitrogens is 1. The average Bonchev–Trinajstić information content (AvgIpc) is 3.25. The molecule has 1 aromatic heterocycles. The number of hydrogen-bond acceptors (Lipinski definition) is 8. The first-order valence-corrected chi connectivity index (χ1v) is 14.8. The third kappa shape index (κ3) is 10.4. The molecule has 242 valence electrons. The Kier molecular flexibility index (Phi) is 12.1. The smallest absolute Gasteiger partial charge is 0.410 e. The molecule has 0 aliphatic heterocycles. The van der Waals surface area contributed by atoms with E-state index in [2.05, 4.69) is 26.3 Å². The number of hydrogen-bond donors (Lipinski definition) is 6. The number of rotatable bonds is 12. The average molecular weight is 634 g/mol. The molecule has 0 atom stereocenters. The first kappa shape index (κ1) is 35.8. The molecular formula is C29H43N7O7S. The van der Waals surface area contributed by atoms with Crippen LogP contribution in [0.2, 0.25) is 0 Å². The highest BCUT2D eigenvalue weighted by atomic mass is 32.1. The van der Waals surface area contributed by atoms with Crippen LogP contribution in [0.1, 0.15) is 76.3 Å². The molecule has 14 nitrogen and oxygen atoms in total. The van der Waals surface area contributed by atoms with Crippen LogP contribution in [-0.4, -0.2) is 85.4 Å². The molecule has 0 unspecified atom stereocenters. The maximum absolute atomic E-state index is 12.8. The SMILES string of the molecule is CC(=O)NCCNC(=O)c1sc(NC(C)=O)nc1CCc1ccc(NC(N(C(=O)O)C(C)(C)C)N(C(=O)O)C(C)(C)C)cc1. The van der Waals surface area contributed by atoms with E-state index in [0.29, 0.717) is 34.2 Å². The summed E-state index contributed by atoms with van der Waals surface area (Å²) in [4.78, 5) is 67.1. The van der Waals surface area contributed by atoms with Crippen molar-refractivity contribution in [1.29, 1.82) is 0 Å². The van der Waals surface area contributed by atoms with Gasteiger partial charge in [0.1, 0.15) is 4.88 Å². The number of carbonyl (C=O) groups is 5. The Labute approximate surface area is 261 Å². The van der Waals surface area contributed by atoms with Crippen LogP contribution < -0.4 is 21.3 Å². The molecular weight excluding hydrogens is 590 g/mol. The molecule has 0 spiro atoms. The zero-order valence-corrected chi connectivity index (χ0v) is 27.2. The molecule has 0 radical (unpaired) electrons. The van der Waals surface area contributed by atoms with Crippen LogP contribution in [0.25, 0.3) is 0 Å². The molecule has 2 aromatic rings. The highest BCUT2D eigenvalue weighted by molar-refractivity contribution is 7.17. The van der Waals surface area contributed by atoms with Crippen LogP contribution in [0.5, 0.6) is 0 Å². The van der Waals surface area contributed by atoms with Gasteiger partial charge in [-0.2, -0.15) is 0 Å². The van der Waals surface area contributed by atoms with E-state index in [4.69, 9.17) is 0 Å². The zero-order chi connectivity index (χ0) is 33.4. The number of nitrogens with one attached hydrogen (secondary N) is 4. The van der Waals surface area contributed by atoms with Crippen molar-refractivity contribution in [3.63, 3.8) is 0 Å². The minimum absolute atomic E-state index is 0.204. The monoisotopic (exact) mass is 633 g/mol. The molecule has 1 aromatic carbocycles. The van der Waals surface area contributed by atoms with E-state index in [9.17, 15) is 34.2 Å². The maximum atomic E-state index is 12.8. The van der Waals surface area contributed by atoms with Crippen molar-refractivity contribution in [3.8, 4) is 0 Å². The summed E-state index contributed by atoms with van der Waals surface area (Å²) in [6.45, 7) is 13.4. The van der Waals surface area contributed by atoms with Gasteiger partial charge in [0, 0.05) is 43.7 Å². The number of aryl methyl sites for hydroxylation is 2. The highest BCUT2D eigenvalue weighted by Gasteiger charge is 2.43. The fourth-order valence-corrected chi connectivity index (χ4v) is 5.31.